The molecule has 1 aromatic carbocycles. The van der Waals surface area contributed by atoms with Crippen molar-refractivity contribution in [3.05, 3.63) is 59.5 Å². The number of benzene rings is 1. The smallest absolute Gasteiger partial charge is 0.370 e. The number of carbonyl (C=O) groups is 1. The molecule has 2 aromatic heterocycles. The summed E-state index contributed by atoms with van der Waals surface area (Å²) in [4.78, 5) is 16.6. The van der Waals surface area contributed by atoms with Gasteiger partial charge in [-0.2, -0.15) is 13.2 Å². The lowest BCUT2D eigenvalue weighted by Crippen LogP contribution is -2.34. The Morgan fingerprint density at radius 2 is 1.70 bits per heavy atom. The number of fused-ring (bicyclic) bond motifs is 2. The summed E-state index contributed by atoms with van der Waals surface area (Å²) in [5.41, 5.74) is 1.21. The Kier molecular flexibility index (Phi) is 4.23. The highest BCUT2D eigenvalue weighted by Crippen LogP contribution is 2.40. The number of para-hydroxylation sites is 1. The first-order chi connectivity index (χ1) is 14.3. The molecular formula is C21H20F3N5O. The molecule has 156 valence electrons. The van der Waals surface area contributed by atoms with E-state index in [2.05, 4.69) is 10.2 Å². The summed E-state index contributed by atoms with van der Waals surface area (Å²) in [6.07, 6.45) is -2.56. The molecule has 0 saturated carbocycles. The van der Waals surface area contributed by atoms with Crippen LogP contribution in [-0.4, -0.2) is 51.6 Å². The molecule has 2 aliphatic heterocycles. The van der Waals surface area contributed by atoms with Crippen molar-refractivity contribution < 1.29 is 18.0 Å². The second-order valence-electron chi connectivity index (χ2n) is 8.11. The van der Waals surface area contributed by atoms with Crippen LogP contribution in [0.15, 0.2) is 42.6 Å². The number of rotatable bonds is 2. The number of halogens is 3. The normalized spacial score (nSPS) is 21.5. The van der Waals surface area contributed by atoms with E-state index in [4.69, 9.17) is 0 Å². The van der Waals surface area contributed by atoms with E-state index in [-0.39, 0.29) is 29.3 Å². The molecular weight excluding hydrogens is 395 g/mol. The van der Waals surface area contributed by atoms with Gasteiger partial charge in [-0.1, -0.05) is 18.2 Å². The zero-order valence-electron chi connectivity index (χ0n) is 16.3. The van der Waals surface area contributed by atoms with Crippen LogP contribution in [0, 0.1) is 18.8 Å². The maximum atomic E-state index is 13.4. The van der Waals surface area contributed by atoms with Crippen molar-refractivity contribution in [1.82, 2.24) is 19.5 Å². The van der Waals surface area contributed by atoms with Gasteiger partial charge in [0.2, 0.25) is 5.82 Å². The third-order valence-electron chi connectivity index (χ3n) is 6.07. The lowest BCUT2D eigenvalue weighted by molar-refractivity contribution is -0.137. The van der Waals surface area contributed by atoms with E-state index < -0.39 is 11.7 Å². The van der Waals surface area contributed by atoms with E-state index in [1.807, 2.05) is 25.3 Å². The van der Waals surface area contributed by atoms with E-state index in [9.17, 15) is 18.0 Å². The average molecular weight is 415 g/mol. The van der Waals surface area contributed by atoms with Gasteiger partial charge in [0.15, 0.2) is 5.65 Å². The van der Waals surface area contributed by atoms with Crippen molar-refractivity contribution in [2.75, 3.05) is 31.1 Å². The molecule has 0 bridgehead atoms. The molecule has 2 saturated heterocycles. The van der Waals surface area contributed by atoms with Gasteiger partial charge in [0.05, 0.1) is 5.56 Å². The molecule has 2 aliphatic rings. The molecule has 0 unspecified atom stereocenters. The molecule has 3 aromatic rings. The molecule has 4 heterocycles. The molecule has 0 aliphatic carbocycles. The lowest BCUT2D eigenvalue weighted by atomic mass is 10.0. The second-order valence-corrected chi connectivity index (χ2v) is 8.11. The van der Waals surface area contributed by atoms with E-state index in [0.717, 1.165) is 11.6 Å². The fourth-order valence-corrected chi connectivity index (χ4v) is 4.63. The third-order valence-corrected chi connectivity index (χ3v) is 6.07. The van der Waals surface area contributed by atoms with Crippen molar-refractivity contribution in [2.45, 2.75) is 13.1 Å². The number of alkyl halides is 3. The summed E-state index contributed by atoms with van der Waals surface area (Å²) < 4.78 is 41.8. The van der Waals surface area contributed by atoms with Crippen molar-refractivity contribution in [3.63, 3.8) is 0 Å². The van der Waals surface area contributed by atoms with E-state index in [1.165, 1.54) is 12.1 Å². The number of likely N-dealkylation sites (tertiary alicyclic amines) is 1. The molecule has 2 atom stereocenters. The molecule has 0 spiro atoms. The highest BCUT2D eigenvalue weighted by molar-refractivity contribution is 5.91. The Labute approximate surface area is 170 Å². The second kappa shape index (κ2) is 6.72. The minimum absolute atomic E-state index is 0.135. The van der Waals surface area contributed by atoms with Crippen LogP contribution in [-0.2, 0) is 6.18 Å². The molecule has 30 heavy (non-hydrogen) atoms. The van der Waals surface area contributed by atoms with Crippen LogP contribution in [0.25, 0.3) is 5.65 Å². The summed E-state index contributed by atoms with van der Waals surface area (Å²) in [6, 6.07) is 9.41. The van der Waals surface area contributed by atoms with Crippen LogP contribution in [0.4, 0.5) is 18.9 Å². The number of aryl methyl sites for hydroxylation is 1. The summed E-state index contributed by atoms with van der Waals surface area (Å²) in [5.74, 6) is 0.352. The highest BCUT2D eigenvalue weighted by atomic mass is 19.4. The van der Waals surface area contributed by atoms with Gasteiger partial charge in [-0.05, 0) is 30.7 Å². The summed E-state index contributed by atoms with van der Waals surface area (Å²) in [7, 11) is 0. The van der Waals surface area contributed by atoms with E-state index >= 15 is 0 Å². The SMILES string of the molecule is Cc1ccc2nnc(C(=O)N3C[C@@H]4CN(c5ccccc5C(F)(F)F)C[C@@H]4C3)n2c1. The van der Waals surface area contributed by atoms with Gasteiger partial charge < -0.3 is 9.80 Å². The standard InChI is InChI=1S/C21H20F3N5O/c1-13-6-7-18-25-26-19(29(18)8-13)20(30)28-11-14-9-27(10-15(14)12-28)17-5-3-2-4-16(17)21(22,23)24/h2-8,14-15H,9-12H2,1H3/t14-,15+. The molecule has 5 rings (SSSR count). The monoisotopic (exact) mass is 415 g/mol. The Bertz CT molecular complexity index is 1110. The number of pyridine rings is 1. The highest BCUT2D eigenvalue weighted by Gasteiger charge is 2.44. The van der Waals surface area contributed by atoms with Crippen LogP contribution in [0.5, 0.6) is 0 Å². The summed E-state index contributed by atoms with van der Waals surface area (Å²) in [5, 5.41) is 8.12. The topological polar surface area (TPSA) is 53.7 Å². The van der Waals surface area contributed by atoms with Crippen LogP contribution in [0.3, 0.4) is 0 Å². The van der Waals surface area contributed by atoms with Crippen LogP contribution in [0.2, 0.25) is 0 Å². The number of aromatic nitrogens is 3. The van der Waals surface area contributed by atoms with Crippen molar-refractivity contribution in [1.29, 1.82) is 0 Å². The minimum atomic E-state index is -4.39. The fourth-order valence-electron chi connectivity index (χ4n) is 4.63. The summed E-state index contributed by atoms with van der Waals surface area (Å²) in [6.45, 7) is 3.95. The molecule has 0 radical (unpaired) electrons. The first-order valence-electron chi connectivity index (χ1n) is 9.83. The zero-order valence-corrected chi connectivity index (χ0v) is 16.3. The maximum Gasteiger partial charge on any atom is 0.418 e. The fraction of sp³-hybridized carbons (Fsp3) is 0.381. The van der Waals surface area contributed by atoms with E-state index in [0.29, 0.717) is 31.8 Å². The van der Waals surface area contributed by atoms with Crippen LogP contribution < -0.4 is 4.90 Å². The van der Waals surface area contributed by atoms with E-state index in [1.54, 1.807) is 20.3 Å². The Hall–Kier alpha value is -3.10. The van der Waals surface area contributed by atoms with Gasteiger partial charge >= 0.3 is 6.18 Å². The number of nitrogens with zero attached hydrogens (tertiary/aromatic N) is 5. The van der Waals surface area contributed by atoms with Gasteiger partial charge in [-0.15, -0.1) is 10.2 Å². The molecule has 6 nitrogen and oxygen atoms in total. The zero-order chi connectivity index (χ0) is 21.0. The Balaban J connectivity index is 1.33. The number of hydrogen-bond donors (Lipinski definition) is 0. The summed E-state index contributed by atoms with van der Waals surface area (Å²) >= 11 is 0. The minimum Gasteiger partial charge on any atom is -0.370 e. The Morgan fingerprint density at radius 1 is 1.00 bits per heavy atom. The third kappa shape index (κ3) is 3.09. The maximum absolute atomic E-state index is 13.4. The van der Waals surface area contributed by atoms with Gasteiger partial charge in [0.25, 0.3) is 5.91 Å². The van der Waals surface area contributed by atoms with Crippen LogP contribution in [0.1, 0.15) is 21.7 Å². The average Bonchev–Trinajstić information content (AvgIpc) is 3.39. The van der Waals surface area contributed by atoms with Gasteiger partial charge in [-0.25, -0.2) is 0 Å². The first-order valence-corrected chi connectivity index (χ1v) is 9.83. The molecule has 2 fully saturated rings. The van der Waals surface area contributed by atoms with Crippen LogP contribution >= 0.6 is 0 Å². The first kappa shape index (κ1) is 18.9. The number of amides is 1. The Morgan fingerprint density at radius 3 is 2.40 bits per heavy atom. The predicted octanol–water partition coefficient (Wildman–Crippen LogP) is 3.26. The van der Waals surface area contributed by atoms with Crippen molar-refractivity contribution >= 4 is 17.2 Å². The quantitative estimate of drug-likeness (QED) is 0.645. The van der Waals surface area contributed by atoms with Gasteiger partial charge in [-0.3, -0.25) is 9.20 Å². The van der Waals surface area contributed by atoms with Gasteiger partial charge in [0.1, 0.15) is 0 Å². The number of anilines is 1. The largest absolute Gasteiger partial charge is 0.418 e. The van der Waals surface area contributed by atoms with Crippen molar-refractivity contribution in [3.8, 4) is 0 Å². The van der Waals surface area contributed by atoms with Crippen molar-refractivity contribution in [2.24, 2.45) is 11.8 Å². The number of carbonyl (C=O) groups excluding carboxylic acids is 1. The number of hydrogen-bond acceptors (Lipinski definition) is 4. The lowest BCUT2D eigenvalue weighted by Gasteiger charge is -2.25. The molecule has 9 heteroatoms. The van der Waals surface area contributed by atoms with Gasteiger partial charge in [0, 0.05) is 49.9 Å². The molecule has 0 N–H and O–H groups in total. The molecule has 1 amide bonds. The predicted molar refractivity (Wildman–Crippen MR) is 104 cm³/mol.